The number of alkyl halides is 9. The second kappa shape index (κ2) is 17.3. The van der Waals surface area contributed by atoms with Gasteiger partial charge in [0.25, 0.3) is 23.6 Å². The minimum absolute atomic E-state index is 0.0181. The van der Waals surface area contributed by atoms with Crippen LogP contribution in [0.4, 0.5) is 50.9 Å². The first-order chi connectivity index (χ1) is 34.6. The highest BCUT2D eigenvalue weighted by Crippen LogP contribution is 2.57. The summed E-state index contributed by atoms with van der Waals surface area (Å²) in [5.74, 6) is -2.66. The Balaban J connectivity index is 0.845. The first-order valence-corrected chi connectivity index (χ1v) is 22.0. The number of fused-ring (bicyclic) bond motifs is 3. The Labute approximate surface area is 408 Å². The van der Waals surface area contributed by atoms with Gasteiger partial charge in [-0.25, -0.2) is 4.90 Å². The number of nitrogens with one attached hydrogen (secondary N) is 1. The van der Waals surface area contributed by atoms with Crippen LogP contribution >= 0.6 is 0 Å². The third kappa shape index (κ3) is 8.04. The van der Waals surface area contributed by atoms with E-state index in [1.807, 2.05) is 34.5 Å². The Hall–Kier alpha value is -8.61. The molecule has 19 heteroatoms. The summed E-state index contributed by atoms with van der Waals surface area (Å²) in [4.78, 5) is 54.3. The number of carbonyl (C=O) groups is 4. The molecule has 0 bridgehead atoms. The molecule has 3 aliphatic heterocycles. The van der Waals surface area contributed by atoms with Gasteiger partial charge in [-0.05, 0) is 132 Å². The molecule has 0 aromatic heterocycles. The van der Waals surface area contributed by atoms with Gasteiger partial charge in [-0.1, -0.05) is 54.6 Å². The minimum atomic E-state index is -5.89. The third-order valence-electron chi connectivity index (χ3n) is 13.2. The molecule has 0 saturated heterocycles. The van der Waals surface area contributed by atoms with Gasteiger partial charge < -0.3 is 19.1 Å². The van der Waals surface area contributed by atoms with Gasteiger partial charge in [0.05, 0.1) is 27.9 Å². The summed E-state index contributed by atoms with van der Waals surface area (Å²) in [6.45, 7) is 1.70. The maximum Gasteiger partial charge on any atom is 0.411 e. The van der Waals surface area contributed by atoms with Crippen molar-refractivity contribution in [3.63, 3.8) is 0 Å². The third-order valence-corrected chi connectivity index (χ3v) is 13.2. The number of imide groups is 2. The van der Waals surface area contributed by atoms with Gasteiger partial charge in [-0.2, -0.15) is 39.5 Å². The topological polar surface area (TPSA) is 114 Å². The van der Waals surface area contributed by atoms with Crippen LogP contribution in [0.3, 0.4) is 0 Å². The van der Waals surface area contributed by atoms with Gasteiger partial charge in [0.15, 0.2) is 6.73 Å². The van der Waals surface area contributed by atoms with Gasteiger partial charge in [-0.15, -0.1) is 0 Å². The standard InChI is InChI=1S/C54H34F9N3O7/c1-50(52(55,56)57,33-10-24-41-43(26-33)47(68)64-46(41)67)34-11-25-42-44(27-34)49(70)66(48(42)69)36-14-22-40(23-15-36)73-38-18-8-32(9-19-38)51(53(58,59)60,54(61,62)63)31-6-16-37(17-7-31)72-39-20-12-35(13-21-39)65-28-30-4-2-3-5-45(30)71-29-65/h2-27H,28-29H2,1H3,(H,64,67,68). The number of para-hydroxylation sites is 1. The number of hydrogen-bond donors (Lipinski definition) is 1. The maximum atomic E-state index is 15.1. The Kier molecular flexibility index (Phi) is 11.4. The number of halogens is 9. The quantitative estimate of drug-likeness (QED) is 0.106. The fourth-order valence-corrected chi connectivity index (χ4v) is 9.29. The van der Waals surface area contributed by atoms with Crippen molar-refractivity contribution in [3.8, 4) is 28.7 Å². The Morgan fingerprint density at radius 1 is 0.479 bits per heavy atom. The highest BCUT2D eigenvalue weighted by Gasteiger charge is 2.72. The molecular formula is C54H34F9N3O7. The molecule has 370 valence electrons. The molecule has 0 spiro atoms. The number of benzene rings is 7. The summed E-state index contributed by atoms with van der Waals surface area (Å²) >= 11 is 0. The fourth-order valence-electron chi connectivity index (χ4n) is 9.29. The highest BCUT2D eigenvalue weighted by molar-refractivity contribution is 6.34. The lowest BCUT2D eigenvalue weighted by Gasteiger charge is -2.38. The molecule has 4 amide bonds. The number of ether oxygens (including phenoxy) is 3. The minimum Gasteiger partial charge on any atom is -0.473 e. The van der Waals surface area contributed by atoms with Crippen LogP contribution in [0.25, 0.3) is 0 Å². The molecule has 1 atom stereocenters. The van der Waals surface area contributed by atoms with Crippen LogP contribution in [0.5, 0.6) is 28.7 Å². The predicted octanol–water partition coefficient (Wildman–Crippen LogP) is 12.6. The van der Waals surface area contributed by atoms with Gasteiger partial charge in [0.1, 0.15) is 34.2 Å². The summed E-state index contributed by atoms with van der Waals surface area (Å²) in [6, 6.07) is 32.0. The molecule has 10 nitrogen and oxygen atoms in total. The molecule has 10 rings (SSSR count). The molecular weight excluding hydrogens is 974 g/mol. The lowest BCUT2D eigenvalue weighted by Crippen LogP contribution is -2.54. The van der Waals surface area contributed by atoms with E-state index >= 15 is 26.3 Å². The van der Waals surface area contributed by atoms with E-state index in [1.165, 1.54) is 24.3 Å². The first kappa shape index (κ1) is 48.0. The Bertz CT molecular complexity index is 3340. The average molecular weight is 1010 g/mol. The summed E-state index contributed by atoms with van der Waals surface area (Å²) in [7, 11) is 0. The van der Waals surface area contributed by atoms with Crippen molar-refractivity contribution in [1.29, 1.82) is 0 Å². The number of nitrogens with zero attached hydrogens (tertiary/aromatic N) is 2. The Morgan fingerprint density at radius 3 is 1.44 bits per heavy atom. The van der Waals surface area contributed by atoms with E-state index in [0.29, 0.717) is 35.7 Å². The highest BCUT2D eigenvalue weighted by atomic mass is 19.4. The van der Waals surface area contributed by atoms with Crippen LogP contribution in [0.15, 0.2) is 158 Å². The molecule has 0 aliphatic carbocycles. The van der Waals surface area contributed by atoms with Crippen LogP contribution in [0.1, 0.15) is 76.2 Å². The first-order valence-electron chi connectivity index (χ1n) is 22.0. The maximum absolute atomic E-state index is 15.1. The molecule has 0 radical (unpaired) electrons. The normalized spacial score (nSPS) is 15.5. The van der Waals surface area contributed by atoms with E-state index in [9.17, 15) is 32.3 Å². The van der Waals surface area contributed by atoms with Crippen LogP contribution in [-0.4, -0.2) is 48.9 Å². The summed E-state index contributed by atoms with van der Waals surface area (Å²) < 4.78 is 153. The number of amides is 4. The van der Waals surface area contributed by atoms with Crippen molar-refractivity contribution in [2.75, 3.05) is 16.5 Å². The van der Waals surface area contributed by atoms with Crippen molar-refractivity contribution in [2.24, 2.45) is 0 Å². The van der Waals surface area contributed by atoms with Gasteiger partial charge in [-0.3, -0.25) is 24.5 Å². The van der Waals surface area contributed by atoms with E-state index in [1.54, 1.807) is 24.3 Å². The molecule has 0 saturated carbocycles. The fraction of sp³-hybridized carbons (Fsp3) is 0.148. The van der Waals surface area contributed by atoms with Gasteiger partial charge in [0, 0.05) is 17.8 Å². The predicted molar refractivity (Wildman–Crippen MR) is 245 cm³/mol. The summed E-state index contributed by atoms with van der Waals surface area (Å²) in [5.41, 5.74) is -9.67. The zero-order chi connectivity index (χ0) is 51.8. The van der Waals surface area contributed by atoms with E-state index in [2.05, 4.69) is 0 Å². The van der Waals surface area contributed by atoms with Gasteiger partial charge >= 0.3 is 18.5 Å². The summed E-state index contributed by atoms with van der Waals surface area (Å²) in [6.07, 6.45) is -16.8. The molecule has 7 aromatic carbocycles. The van der Waals surface area contributed by atoms with Crippen molar-refractivity contribution in [2.45, 2.75) is 42.8 Å². The zero-order valence-electron chi connectivity index (χ0n) is 37.6. The molecule has 73 heavy (non-hydrogen) atoms. The van der Waals surface area contributed by atoms with E-state index < -0.39 is 75.2 Å². The molecule has 1 N–H and O–H groups in total. The number of rotatable bonds is 10. The largest absolute Gasteiger partial charge is 0.473 e. The lowest BCUT2D eigenvalue weighted by atomic mass is 9.73. The SMILES string of the molecule is CC(c1ccc2c(c1)C(=O)NC2=O)(c1ccc2c(c1)C(=O)N(c1ccc(Oc3ccc(C(c4ccc(Oc5ccc(N6COc7ccccc7C6)cc5)cc4)(C(F)(F)F)C(F)(F)F)cc3)cc1)C2=O)C(F)(F)F. The monoisotopic (exact) mass is 1010 g/mol. The van der Waals surface area contributed by atoms with E-state index in [-0.39, 0.29) is 57.7 Å². The van der Waals surface area contributed by atoms with Gasteiger partial charge in [0.2, 0.25) is 5.41 Å². The van der Waals surface area contributed by atoms with Crippen LogP contribution in [-0.2, 0) is 17.4 Å². The van der Waals surface area contributed by atoms with Crippen molar-refractivity contribution in [3.05, 3.63) is 208 Å². The Morgan fingerprint density at radius 2 is 0.918 bits per heavy atom. The van der Waals surface area contributed by atoms with Crippen molar-refractivity contribution >= 4 is 35.0 Å². The molecule has 7 aromatic rings. The van der Waals surface area contributed by atoms with E-state index in [4.69, 9.17) is 14.2 Å². The lowest BCUT2D eigenvalue weighted by molar-refractivity contribution is -0.288. The van der Waals surface area contributed by atoms with Crippen molar-refractivity contribution in [1.82, 2.24) is 5.32 Å². The average Bonchev–Trinajstić information content (AvgIpc) is 3.79. The molecule has 1 unspecified atom stereocenters. The number of anilines is 2. The molecule has 3 aliphatic rings. The van der Waals surface area contributed by atoms with Crippen LogP contribution in [0.2, 0.25) is 0 Å². The summed E-state index contributed by atoms with van der Waals surface area (Å²) in [5, 5.41) is 2.03. The number of hydrogen-bond acceptors (Lipinski definition) is 8. The second-order valence-electron chi connectivity index (χ2n) is 17.4. The smallest absolute Gasteiger partial charge is 0.411 e. The molecule has 3 heterocycles. The zero-order valence-corrected chi connectivity index (χ0v) is 37.6. The second-order valence-corrected chi connectivity index (χ2v) is 17.4. The van der Waals surface area contributed by atoms with E-state index in [0.717, 1.165) is 84.6 Å². The van der Waals surface area contributed by atoms with Crippen LogP contribution in [0, 0.1) is 0 Å². The number of carbonyl (C=O) groups excluding carboxylic acids is 4. The van der Waals surface area contributed by atoms with Crippen molar-refractivity contribution < 1.29 is 72.9 Å². The van der Waals surface area contributed by atoms with Crippen LogP contribution < -0.4 is 29.3 Å². The molecule has 0 fully saturated rings.